The van der Waals surface area contributed by atoms with Gasteiger partial charge in [-0.15, -0.1) is 0 Å². The van der Waals surface area contributed by atoms with Crippen molar-refractivity contribution < 1.29 is 4.79 Å². The molecule has 0 heterocycles. The Morgan fingerprint density at radius 2 is 1.60 bits per heavy atom. The van der Waals surface area contributed by atoms with Crippen LogP contribution in [0.3, 0.4) is 0 Å². The Morgan fingerprint density at radius 1 is 0.950 bits per heavy atom. The van der Waals surface area contributed by atoms with Crippen LogP contribution in [0.15, 0.2) is 24.3 Å². The molecule has 3 rings (SSSR count). The summed E-state index contributed by atoms with van der Waals surface area (Å²) in [5.41, 5.74) is 2.87. The summed E-state index contributed by atoms with van der Waals surface area (Å²) in [5, 5.41) is 0. The molecule has 0 bridgehead atoms. The van der Waals surface area contributed by atoms with Crippen molar-refractivity contribution in [2.24, 2.45) is 23.7 Å². The highest BCUT2D eigenvalue weighted by molar-refractivity contribution is 5.84. The summed E-state index contributed by atoms with van der Waals surface area (Å²) in [4.78, 5) is 12.9. The van der Waals surface area contributed by atoms with E-state index in [2.05, 4.69) is 38.1 Å². The number of carbonyl (C=O) groups is 1. The molecule has 0 saturated heterocycles. The van der Waals surface area contributed by atoms with Crippen LogP contribution in [-0.2, 0) is 17.6 Å². The summed E-state index contributed by atoms with van der Waals surface area (Å²) in [6.07, 6.45) is 6.69. The van der Waals surface area contributed by atoms with Gasteiger partial charge in [-0.1, -0.05) is 38.1 Å². The molecule has 1 nitrogen and oxygen atoms in total. The second-order valence-corrected chi connectivity index (χ2v) is 7.23. The molecule has 1 fully saturated rings. The molecule has 1 heteroatoms. The fourth-order valence-electron chi connectivity index (χ4n) is 4.45. The number of hydrogen-bond donors (Lipinski definition) is 0. The zero-order valence-electron chi connectivity index (χ0n) is 12.8. The van der Waals surface area contributed by atoms with Gasteiger partial charge < -0.3 is 0 Å². The van der Waals surface area contributed by atoms with E-state index in [4.69, 9.17) is 0 Å². The molecule has 0 aliphatic heterocycles. The van der Waals surface area contributed by atoms with Crippen molar-refractivity contribution in [1.82, 2.24) is 0 Å². The smallest absolute Gasteiger partial charge is 0.139 e. The Morgan fingerprint density at radius 3 is 2.30 bits per heavy atom. The molecule has 0 N–H and O–H groups in total. The minimum Gasteiger partial charge on any atom is -0.299 e. The van der Waals surface area contributed by atoms with Crippen molar-refractivity contribution in [2.45, 2.75) is 52.4 Å². The zero-order chi connectivity index (χ0) is 14.1. The van der Waals surface area contributed by atoms with Crippen molar-refractivity contribution in [3.8, 4) is 0 Å². The van der Waals surface area contributed by atoms with Gasteiger partial charge in [-0.05, 0) is 61.5 Å². The highest BCUT2D eigenvalue weighted by atomic mass is 16.1. The Bertz CT molecular complexity index is 480. The van der Waals surface area contributed by atoms with Gasteiger partial charge in [0.2, 0.25) is 0 Å². The second kappa shape index (κ2) is 5.71. The number of rotatable bonds is 2. The van der Waals surface area contributed by atoms with Crippen molar-refractivity contribution in [2.75, 3.05) is 0 Å². The van der Waals surface area contributed by atoms with Gasteiger partial charge in [0.15, 0.2) is 0 Å². The second-order valence-electron chi connectivity index (χ2n) is 7.23. The summed E-state index contributed by atoms with van der Waals surface area (Å²) in [5.74, 6) is 2.64. The van der Waals surface area contributed by atoms with Gasteiger partial charge >= 0.3 is 0 Å². The van der Waals surface area contributed by atoms with Crippen LogP contribution >= 0.6 is 0 Å². The summed E-state index contributed by atoms with van der Waals surface area (Å²) in [6.45, 7) is 4.62. The van der Waals surface area contributed by atoms with Crippen LogP contribution in [0.25, 0.3) is 0 Å². The lowest BCUT2D eigenvalue weighted by molar-refractivity contribution is -0.129. The molecule has 1 aromatic carbocycles. The highest BCUT2D eigenvalue weighted by Crippen LogP contribution is 2.37. The standard InChI is InChI=1S/C19H26O/c1-13-9-14(2)11-18(10-13)19(20)17-8-7-15-5-3-4-6-16(15)12-17/h3-6,13-14,17-18H,7-12H2,1-2H3. The molecule has 3 atom stereocenters. The van der Waals surface area contributed by atoms with Crippen molar-refractivity contribution in [1.29, 1.82) is 0 Å². The van der Waals surface area contributed by atoms with E-state index in [0.29, 0.717) is 11.7 Å². The average Bonchev–Trinajstić information content (AvgIpc) is 2.45. The molecular weight excluding hydrogens is 244 g/mol. The fraction of sp³-hybridized carbons (Fsp3) is 0.632. The highest BCUT2D eigenvalue weighted by Gasteiger charge is 2.34. The van der Waals surface area contributed by atoms with Gasteiger partial charge in [0.1, 0.15) is 5.78 Å². The SMILES string of the molecule is CC1CC(C)CC(C(=O)C2CCc3ccccc3C2)C1. The Hall–Kier alpha value is -1.11. The third-order valence-corrected chi connectivity index (χ3v) is 5.33. The van der Waals surface area contributed by atoms with E-state index in [9.17, 15) is 4.79 Å². The number of hydrogen-bond acceptors (Lipinski definition) is 1. The van der Waals surface area contributed by atoms with E-state index < -0.39 is 0 Å². The molecule has 0 amide bonds. The first-order valence-electron chi connectivity index (χ1n) is 8.24. The predicted octanol–water partition coefficient (Wildman–Crippen LogP) is 4.43. The first-order chi connectivity index (χ1) is 9.63. The molecule has 0 spiro atoms. The maximum atomic E-state index is 12.9. The lowest BCUT2D eigenvalue weighted by Gasteiger charge is -2.34. The van der Waals surface area contributed by atoms with Crippen LogP contribution < -0.4 is 0 Å². The summed E-state index contributed by atoms with van der Waals surface area (Å²) in [7, 11) is 0. The van der Waals surface area contributed by atoms with Crippen LogP contribution in [-0.4, -0.2) is 5.78 Å². The van der Waals surface area contributed by atoms with Crippen molar-refractivity contribution >= 4 is 5.78 Å². The van der Waals surface area contributed by atoms with Crippen molar-refractivity contribution in [3.05, 3.63) is 35.4 Å². The Balaban J connectivity index is 1.69. The van der Waals surface area contributed by atoms with E-state index in [0.717, 1.165) is 43.9 Å². The molecule has 2 aliphatic rings. The first kappa shape index (κ1) is 13.9. The Kier molecular flexibility index (Phi) is 3.96. The quantitative estimate of drug-likeness (QED) is 0.777. The van der Waals surface area contributed by atoms with E-state index in [1.165, 1.54) is 17.5 Å². The minimum absolute atomic E-state index is 0.285. The first-order valence-corrected chi connectivity index (χ1v) is 8.24. The van der Waals surface area contributed by atoms with Crippen LogP contribution in [0.5, 0.6) is 0 Å². The third-order valence-electron chi connectivity index (χ3n) is 5.33. The number of aryl methyl sites for hydroxylation is 1. The monoisotopic (exact) mass is 270 g/mol. The minimum atomic E-state index is 0.285. The fourth-order valence-corrected chi connectivity index (χ4v) is 4.45. The Labute approximate surface area is 122 Å². The number of ketones is 1. The lowest BCUT2D eigenvalue weighted by Crippen LogP contribution is -2.33. The van der Waals surface area contributed by atoms with Gasteiger partial charge in [0.05, 0.1) is 0 Å². The van der Waals surface area contributed by atoms with Gasteiger partial charge in [-0.25, -0.2) is 0 Å². The van der Waals surface area contributed by atoms with Gasteiger partial charge in [-0.3, -0.25) is 4.79 Å². The largest absolute Gasteiger partial charge is 0.299 e. The van der Waals surface area contributed by atoms with Crippen LogP contribution in [0.1, 0.15) is 50.7 Å². The topological polar surface area (TPSA) is 17.1 Å². The maximum Gasteiger partial charge on any atom is 0.139 e. The number of fused-ring (bicyclic) bond motifs is 1. The summed E-state index contributed by atoms with van der Waals surface area (Å²) < 4.78 is 0. The molecule has 1 aromatic rings. The molecular formula is C19H26O. The van der Waals surface area contributed by atoms with E-state index >= 15 is 0 Å². The van der Waals surface area contributed by atoms with Crippen LogP contribution in [0.2, 0.25) is 0 Å². The average molecular weight is 270 g/mol. The van der Waals surface area contributed by atoms with Gasteiger partial charge in [-0.2, -0.15) is 0 Å². The summed E-state index contributed by atoms with van der Waals surface area (Å²) in [6, 6.07) is 8.66. The predicted molar refractivity (Wildman–Crippen MR) is 82.6 cm³/mol. The van der Waals surface area contributed by atoms with E-state index in [-0.39, 0.29) is 5.92 Å². The van der Waals surface area contributed by atoms with E-state index in [1.807, 2.05) is 0 Å². The molecule has 108 valence electrons. The lowest BCUT2D eigenvalue weighted by atomic mass is 9.70. The molecule has 0 aromatic heterocycles. The summed E-state index contributed by atoms with van der Waals surface area (Å²) >= 11 is 0. The van der Waals surface area contributed by atoms with Gasteiger partial charge in [0, 0.05) is 11.8 Å². The van der Waals surface area contributed by atoms with Crippen LogP contribution in [0.4, 0.5) is 0 Å². The maximum absolute atomic E-state index is 12.9. The van der Waals surface area contributed by atoms with Crippen LogP contribution in [0, 0.1) is 23.7 Å². The van der Waals surface area contributed by atoms with Gasteiger partial charge in [0.25, 0.3) is 0 Å². The number of benzene rings is 1. The third kappa shape index (κ3) is 2.82. The zero-order valence-corrected chi connectivity index (χ0v) is 12.8. The molecule has 2 aliphatic carbocycles. The molecule has 0 radical (unpaired) electrons. The number of carbonyl (C=O) groups excluding carboxylic acids is 1. The van der Waals surface area contributed by atoms with Crippen molar-refractivity contribution in [3.63, 3.8) is 0 Å². The molecule has 20 heavy (non-hydrogen) atoms. The molecule has 3 unspecified atom stereocenters. The molecule has 1 saturated carbocycles. The number of Topliss-reactive ketones (excluding diaryl/α,β-unsaturated/α-hetero) is 1. The van der Waals surface area contributed by atoms with E-state index in [1.54, 1.807) is 0 Å². The normalized spacial score (nSPS) is 33.5.